The second-order valence-corrected chi connectivity index (χ2v) is 5.71. The Morgan fingerprint density at radius 1 is 1.37 bits per heavy atom. The van der Waals surface area contributed by atoms with Gasteiger partial charge in [0, 0.05) is 0 Å². The molecule has 1 rings (SSSR count). The molecule has 1 aromatic carbocycles. The van der Waals surface area contributed by atoms with Crippen molar-refractivity contribution in [1.29, 1.82) is 0 Å². The third-order valence-electron chi connectivity index (χ3n) is 2.36. The Morgan fingerprint density at radius 3 is 2.32 bits per heavy atom. The van der Waals surface area contributed by atoms with Crippen LogP contribution in [0.15, 0.2) is 54.2 Å². The van der Waals surface area contributed by atoms with Gasteiger partial charge in [0.15, 0.2) is 5.83 Å². The van der Waals surface area contributed by atoms with E-state index >= 15 is 0 Å². The lowest BCUT2D eigenvalue weighted by Gasteiger charge is -2.20. The van der Waals surface area contributed by atoms with E-state index in [4.69, 9.17) is 0 Å². The lowest BCUT2D eigenvalue weighted by molar-refractivity contribution is -0.123. The van der Waals surface area contributed by atoms with E-state index in [1.54, 1.807) is 19.1 Å². The van der Waals surface area contributed by atoms with Gasteiger partial charge in [0.1, 0.15) is 0 Å². The maximum absolute atomic E-state index is 12.9. The average molecular weight is 283 g/mol. The van der Waals surface area contributed by atoms with E-state index in [2.05, 4.69) is 13.2 Å². The molecule has 0 bridgehead atoms. The van der Waals surface area contributed by atoms with Gasteiger partial charge >= 0.3 is 0 Å². The number of carbonyl (C=O) groups excluding carboxylic acids is 1. The number of amides is 1. The number of aryl methyl sites for hydroxylation is 1. The Bertz CT molecular complexity index is 605. The summed E-state index contributed by atoms with van der Waals surface area (Å²) < 4.78 is 37.7. The predicted octanol–water partition coefficient (Wildman–Crippen LogP) is 2.18. The van der Waals surface area contributed by atoms with Crippen LogP contribution in [0.4, 0.5) is 4.39 Å². The molecular formula is C13H14FNO3S. The number of halogens is 1. The summed E-state index contributed by atoms with van der Waals surface area (Å²) >= 11 is 0. The van der Waals surface area contributed by atoms with Crippen molar-refractivity contribution in [2.24, 2.45) is 0 Å². The van der Waals surface area contributed by atoms with Crippen LogP contribution in [0.2, 0.25) is 0 Å². The van der Waals surface area contributed by atoms with Crippen LogP contribution >= 0.6 is 0 Å². The Hall–Kier alpha value is -1.95. The first kappa shape index (κ1) is 15.1. The number of benzene rings is 1. The van der Waals surface area contributed by atoms with Crippen LogP contribution in [0.3, 0.4) is 0 Å². The SMILES string of the molecule is C=CCN(C(=O)C(=C)F)S(=O)(=O)c1ccc(C)cc1. The molecular weight excluding hydrogens is 269 g/mol. The Kier molecular flexibility index (Phi) is 4.61. The third kappa shape index (κ3) is 3.29. The summed E-state index contributed by atoms with van der Waals surface area (Å²) in [6.07, 6.45) is 1.20. The van der Waals surface area contributed by atoms with Crippen LogP contribution in [0.25, 0.3) is 0 Å². The number of carbonyl (C=O) groups is 1. The molecule has 0 unspecified atom stereocenters. The molecule has 102 valence electrons. The van der Waals surface area contributed by atoms with Crippen molar-refractivity contribution in [3.63, 3.8) is 0 Å². The molecule has 0 aliphatic carbocycles. The fraction of sp³-hybridized carbons (Fsp3) is 0.154. The highest BCUT2D eigenvalue weighted by Gasteiger charge is 2.29. The van der Waals surface area contributed by atoms with Crippen LogP contribution in [0, 0.1) is 6.92 Å². The van der Waals surface area contributed by atoms with Gasteiger partial charge in [-0.05, 0) is 19.1 Å². The minimum Gasteiger partial charge on any atom is -0.265 e. The zero-order chi connectivity index (χ0) is 14.6. The standard InChI is InChI=1S/C13H14FNO3S/c1-4-9-15(13(16)11(3)14)19(17,18)12-7-5-10(2)6-8-12/h4-8H,1,3,9H2,2H3. The highest BCUT2D eigenvalue weighted by molar-refractivity contribution is 7.89. The molecule has 0 radical (unpaired) electrons. The predicted molar refractivity (Wildman–Crippen MR) is 70.5 cm³/mol. The van der Waals surface area contributed by atoms with E-state index in [9.17, 15) is 17.6 Å². The van der Waals surface area contributed by atoms with Crippen LogP contribution in [-0.2, 0) is 14.8 Å². The molecule has 6 heteroatoms. The number of rotatable bonds is 5. The molecule has 0 aromatic heterocycles. The second kappa shape index (κ2) is 5.79. The van der Waals surface area contributed by atoms with Crippen LogP contribution in [0.1, 0.15) is 5.56 Å². The van der Waals surface area contributed by atoms with Gasteiger partial charge in [0.05, 0.1) is 11.4 Å². The van der Waals surface area contributed by atoms with Gasteiger partial charge in [-0.2, -0.15) is 0 Å². The molecule has 0 aliphatic heterocycles. The highest BCUT2D eigenvalue weighted by atomic mass is 32.2. The summed E-state index contributed by atoms with van der Waals surface area (Å²) in [5.74, 6) is -2.63. The molecule has 0 atom stereocenters. The second-order valence-electron chi connectivity index (χ2n) is 3.85. The number of hydrogen-bond donors (Lipinski definition) is 0. The molecule has 4 nitrogen and oxygen atoms in total. The zero-order valence-corrected chi connectivity index (χ0v) is 11.3. The first-order chi connectivity index (χ1) is 8.80. The molecule has 0 fully saturated rings. The molecule has 0 saturated heterocycles. The number of sulfonamides is 1. The first-order valence-electron chi connectivity index (χ1n) is 5.39. The van der Waals surface area contributed by atoms with Crippen LogP contribution in [-0.4, -0.2) is 25.2 Å². The minimum absolute atomic E-state index is 0.0884. The molecule has 0 saturated carbocycles. The fourth-order valence-electron chi connectivity index (χ4n) is 1.38. The Labute approximate surface area is 111 Å². The summed E-state index contributed by atoms with van der Waals surface area (Å²) in [5, 5.41) is 0. The summed E-state index contributed by atoms with van der Waals surface area (Å²) in [7, 11) is -4.11. The van der Waals surface area contributed by atoms with Crippen molar-refractivity contribution in [2.45, 2.75) is 11.8 Å². The van der Waals surface area contributed by atoms with E-state index in [0.29, 0.717) is 4.31 Å². The van der Waals surface area contributed by atoms with E-state index in [-0.39, 0.29) is 11.4 Å². The molecule has 0 aliphatic rings. The molecule has 0 N–H and O–H groups in total. The van der Waals surface area contributed by atoms with Gasteiger partial charge in [-0.3, -0.25) is 4.79 Å². The molecule has 0 spiro atoms. The topological polar surface area (TPSA) is 54.5 Å². The molecule has 19 heavy (non-hydrogen) atoms. The van der Waals surface area contributed by atoms with Crippen LogP contribution in [0.5, 0.6) is 0 Å². The van der Waals surface area contributed by atoms with E-state index < -0.39 is 21.8 Å². The average Bonchev–Trinajstić information content (AvgIpc) is 2.35. The molecule has 1 aromatic rings. The molecule has 0 heterocycles. The van der Waals surface area contributed by atoms with Crippen molar-refractivity contribution in [3.8, 4) is 0 Å². The highest BCUT2D eigenvalue weighted by Crippen LogP contribution is 2.18. The summed E-state index contributed by atoms with van der Waals surface area (Å²) in [5.41, 5.74) is 0.871. The zero-order valence-electron chi connectivity index (χ0n) is 10.5. The van der Waals surface area contributed by atoms with E-state index in [1.807, 2.05) is 0 Å². The van der Waals surface area contributed by atoms with E-state index in [0.717, 1.165) is 5.56 Å². The monoisotopic (exact) mass is 283 g/mol. The lowest BCUT2D eigenvalue weighted by atomic mass is 10.2. The van der Waals surface area contributed by atoms with Crippen molar-refractivity contribution < 1.29 is 17.6 Å². The number of hydrogen-bond acceptors (Lipinski definition) is 3. The maximum atomic E-state index is 12.9. The quantitative estimate of drug-likeness (QED) is 0.615. The minimum atomic E-state index is -4.11. The summed E-state index contributed by atoms with van der Waals surface area (Å²) in [4.78, 5) is 11.5. The van der Waals surface area contributed by atoms with Crippen LogP contribution < -0.4 is 0 Å². The van der Waals surface area contributed by atoms with Gasteiger partial charge in [-0.1, -0.05) is 30.4 Å². The van der Waals surface area contributed by atoms with Gasteiger partial charge < -0.3 is 0 Å². The van der Waals surface area contributed by atoms with Crippen molar-refractivity contribution in [1.82, 2.24) is 4.31 Å². The fourth-order valence-corrected chi connectivity index (χ4v) is 2.73. The summed E-state index contributed by atoms with van der Waals surface area (Å²) in [6.45, 7) is 7.65. The lowest BCUT2D eigenvalue weighted by Crippen LogP contribution is -2.37. The normalized spacial score (nSPS) is 10.8. The maximum Gasteiger partial charge on any atom is 0.296 e. The Balaban J connectivity index is 3.27. The van der Waals surface area contributed by atoms with Gasteiger partial charge in [0.25, 0.3) is 15.9 Å². The largest absolute Gasteiger partial charge is 0.296 e. The van der Waals surface area contributed by atoms with Gasteiger partial charge in [-0.15, -0.1) is 6.58 Å². The van der Waals surface area contributed by atoms with E-state index in [1.165, 1.54) is 18.2 Å². The van der Waals surface area contributed by atoms with Gasteiger partial charge in [0.2, 0.25) is 0 Å². The first-order valence-corrected chi connectivity index (χ1v) is 6.83. The van der Waals surface area contributed by atoms with Crippen molar-refractivity contribution in [2.75, 3.05) is 6.54 Å². The molecule has 1 amide bonds. The third-order valence-corrected chi connectivity index (χ3v) is 4.13. The van der Waals surface area contributed by atoms with Crippen molar-refractivity contribution >= 4 is 15.9 Å². The Morgan fingerprint density at radius 2 is 1.89 bits per heavy atom. The van der Waals surface area contributed by atoms with Gasteiger partial charge in [-0.25, -0.2) is 17.1 Å². The smallest absolute Gasteiger partial charge is 0.265 e. The number of nitrogens with zero attached hydrogens (tertiary/aromatic N) is 1. The summed E-state index contributed by atoms with van der Waals surface area (Å²) in [6, 6.07) is 5.89. The van der Waals surface area contributed by atoms with Crippen molar-refractivity contribution in [3.05, 3.63) is 54.9 Å².